The van der Waals surface area contributed by atoms with E-state index in [0.717, 1.165) is 22.3 Å². The molecule has 2 nitrogen and oxygen atoms in total. The van der Waals surface area contributed by atoms with Crippen molar-refractivity contribution < 1.29 is 8.42 Å². The first-order chi connectivity index (χ1) is 11.0. The third-order valence-electron chi connectivity index (χ3n) is 4.46. The zero-order valence-electron chi connectivity index (χ0n) is 13.4. The van der Waals surface area contributed by atoms with Crippen LogP contribution in [0, 0.1) is 0 Å². The minimum Gasteiger partial charge on any atom is -0.219 e. The van der Waals surface area contributed by atoms with Gasteiger partial charge in [-0.1, -0.05) is 60.7 Å². The average Bonchev–Trinajstić information content (AvgIpc) is 2.71. The quantitative estimate of drug-likeness (QED) is 0.833. The van der Waals surface area contributed by atoms with E-state index in [0.29, 0.717) is 22.7 Å². The van der Waals surface area contributed by atoms with E-state index in [1.54, 1.807) is 0 Å². The molecule has 2 aromatic rings. The number of benzene rings is 2. The van der Waals surface area contributed by atoms with Crippen molar-refractivity contribution in [1.82, 2.24) is 0 Å². The zero-order valence-corrected chi connectivity index (χ0v) is 14.2. The molecule has 0 amide bonds. The molecule has 0 atom stereocenters. The summed E-state index contributed by atoms with van der Waals surface area (Å²) in [6, 6.07) is 19.5. The molecule has 1 aliphatic rings. The SMILES string of the molecule is CC1=C(Cc2ccccc2)S(=O)(=O)C(Cc2ccccc2)=C1C. The van der Waals surface area contributed by atoms with Crippen LogP contribution in [0.3, 0.4) is 0 Å². The van der Waals surface area contributed by atoms with Crippen LogP contribution in [0.4, 0.5) is 0 Å². The second-order valence-corrected chi connectivity index (χ2v) is 7.92. The van der Waals surface area contributed by atoms with Crippen LogP contribution in [0.2, 0.25) is 0 Å². The van der Waals surface area contributed by atoms with Gasteiger partial charge in [-0.3, -0.25) is 0 Å². The lowest BCUT2D eigenvalue weighted by atomic mass is 10.0. The molecule has 0 N–H and O–H groups in total. The molecule has 0 aliphatic carbocycles. The van der Waals surface area contributed by atoms with Crippen molar-refractivity contribution in [3.05, 3.63) is 92.7 Å². The number of hydrogen-bond donors (Lipinski definition) is 0. The lowest BCUT2D eigenvalue weighted by Gasteiger charge is -2.08. The van der Waals surface area contributed by atoms with E-state index < -0.39 is 9.84 Å². The van der Waals surface area contributed by atoms with Crippen molar-refractivity contribution in [3.8, 4) is 0 Å². The van der Waals surface area contributed by atoms with Crippen LogP contribution in [0.5, 0.6) is 0 Å². The van der Waals surface area contributed by atoms with Crippen molar-refractivity contribution in [2.75, 3.05) is 0 Å². The van der Waals surface area contributed by atoms with Gasteiger partial charge in [0.2, 0.25) is 0 Å². The highest BCUT2D eigenvalue weighted by molar-refractivity contribution is 7.99. The lowest BCUT2D eigenvalue weighted by molar-refractivity contribution is 0.606. The standard InChI is InChI=1S/C20H20O2S/c1-15-16(2)20(14-18-11-7-4-8-12-18)23(21,22)19(15)13-17-9-5-3-6-10-17/h3-12H,13-14H2,1-2H3. The number of allylic oxidation sites excluding steroid dienone is 4. The highest BCUT2D eigenvalue weighted by Gasteiger charge is 2.33. The largest absolute Gasteiger partial charge is 0.219 e. The molecule has 0 saturated heterocycles. The third-order valence-corrected chi connectivity index (χ3v) is 6.66. The average molecular weight is 324 g/mol. The molecule has 0 spiro atoms. The fraction of sp³-hybridized carbons (Fsp3) is 0.200. The van der Waals surface area contributed by atoms with Crippen LogP contribution in [-0.4, -0.2) is 8.42 Å². The van der Waals surface area contributed by atoms with Crippen LogP contribution in [0.25, 0.3) is 0 Å². The Balaban J connectivity index is 1.94. The van der Waals surface area contributed by atoms with Crippen LogP contribution in [0.15, 0.2) is 81.6 Å². The fourth-order valence-electron chi connectivity index (χ4n) is 2.99. The van der Waals surface area contributed by atoms with Gasteiger partial charge in [0.1, 0.15) is 0 Å². The normalized spacial score (nSPS) is 17.0. The zero-order chi connectivity index (χ0) is 16.4. The Morgan fingerprint density at radius 1 is 0.652 bits per heavy atom. The smallest absolute Gasteiger partial charge is 0.200 e. The van der Waals surface area contributed by atoms with E-state index in [-0.39, 0.29) is 0 Å². The summed E-state index contributed by atoms with van der Waals surface area (Å²) in [5.74, 6) is 0. The van der Waals surface area contributed by atoms with Crippen molar-refractivity contribution in [2.24, 2.45) is 0 Å². The van der Waals surface area contributed by atoms with Gasteiger partial charge in [0, 0.05) is 12.8 Å². The molecule has 118 valence electrons. The maximum Gasteiger partial charge on any atom is 0.200 e. The topological polar surface area (TPSA) is 34.1 Å². The Kier molecular flexibility index (Phi) is 4.22. The molecule has 3 heteroatoms. The monoisotopic (exact) mass is 324 g/mol. The van der Waals surface area contributed by atoms with Crippen molar-refractivity contribution in [2.45, 2.75) is 26.7 Å². The predicted octanol–water partition coefficient (Wildman–Crippen LogP) is 4.45. The molecule has 0 saturated carbocycles. The number of hydrogen-bond acceptors (Lipinski definition) is 2. The van der Waals surface area contributed by atoms with Crippen LogP contribution >= 0.6 is 0 Å². The molecular formula is C20H20O2S. The molecule has 0 bridgehead atoms. The minimum atomic E-state index is -3.36. The highest BCUT2D eigenvalue weighted by atomic mass is 32.2. The Labute approximate surface area is 138 Å². The predicted molar refractivity (Wildman–Crippen MR) is 94.6 cm³/mol. The second-order valence-electron chi connectivity index (χ2n) is 5.92. The Hall–Kier alpha value is -2.13. The van der Waals surface area contributed by atoms with E-state index in [4.69, 9.17) is 0 Å². The molecule has 0 fully saturated rings. The van der Waals surface area contributed by atoms with Crippen LogP contribution in [0.1, 0.15) is 25.0 Å². The maximum absolute atomic E-state index is 13.0. The van der Waals surface area contributed by atoms with Crippen molar-refractivity contribution in [3.63, 3.8) is 0 Å². The molecule has 0 unspecified atom stereocenters. The van der Waals surface area contributed by atoms with E-state index in [1.165, 1.54) is 0 Å². The summed E-state index contributed by atoms with van der Waals surface area (Å²) in [5.41, 5.74) is 3.86. The molecule has 0 radical (unpaired) electrons. The van der Waals surface area contributed by atoms with E-state index in [2.05, 4.69) is 0 Å². The van der Waals surface area contributed by atoms with E-state index in [9.17, 15) is 8.42 Å². The van der Waals surface area contributed by atoms with E-state index in [1.807, 2.05) is 74.5 Å². The fourth-order valence-corrected chi connectivity index (χ4v) is 5.11. The molecule has 0 aromatic heterocycles. The number of rotatable bonds is 4. The van der Waals surface area contributed by atoms with Gasteiger partial charge in [0.05, 0.1) is 9.81 Å². The molecular weight excluding hydrogens is 304 g/mol. The van der Waals surface area contributed by atoms with Gasteiger partial charge < -0.3 is 0 Å². The third kappa shape index (κ3) is 3.02. The number of sulfone groups is 1. The van der Waals surface area contributed by atoms with Crippen molar-refractivity contribution >= 4 is 9.84 Å². The van der Waals surface area contributed by atoms with Gasteiger partial charge in [-0.05, 0) is 36.1 Å². The summed E-state index contributed by atoms with van der Waals surface area (Å²) in [7, 11) is -3.36. The summed E-state index contributed by atoms with van der Waals surface area (Å²) < 4.78 is 26.0. The summed E-state index contributed by atoms with van der Waals surface area (Å²) in [6.45, 7) is 3.84. The van der Waals surface area contributed by atoms with Crippen LogP contribution < -0.4 is 0 Å². The van der Waals surface area contributed by atoms with Gasteiger partial charge in [-0.2, -0.15) is 0 Å². The van der Waals surface area contributed by atoms with Crippen molar-refractivity contribution in [1.29, 1.82) is 0 Å². The molecule has 1 heterocycles. The lowest BCUT2D eigenvalue weighted by Crippen LogP contribution is -2.08. The minimum absolute atomic E-state index is 0.463. The summed E-state index contributed by atoms with van der Waals surface area (Å²) in [5, 5.41) is 0. The van der Waals surface area contributed by atoms with Gasteiger partial charge in [-0.25, -0.2) is 8.42 Å². The van der Waals surface area contributed by atoms with Crippen LogP contribution in [-0.2, 0) is 22.7 Å². The van der Waals surface area contributed by atoms with Gasteiger partial charge in [0.25, 0.3) is 0 Å². The molecule has 2 aromatic carbocycles. The Morgan fingerprint density at radius 2 is 1.00 bits per heavy atom. The molecule has 23 heavy (non-hydrogen) atoms. The Morgan fingerprint density at radius 3 is 1.35 bits per heavy atom. The van der Waals surface area contributed by atoms with Gasteiger partial charge in [-0.15, -0.1) is 0 Å². The second kappa shape index (κ2) is 6.17. The maximum atomic E-state index is 13.0. The summed E-state index contributed by atoms with van der Waals surface area (Å²) in [4.78, 5) is 1.10. The molecule has 3 rings (SSSR count). The first kappa shape index (κ1) is 15.8. The van der Waals surface area contributed by atoms with Gasteiger partial charge >= 0.3 is 0 Å². The van der Waals surface area contributed by atoms with E-state index >= 15 is 0 Å². The Bertz CT molecular complexity index is 804. The summed E-state index contributed by atoms with van der Waals surface area (Å²) >= 11 is 0. The highest BCUT2D eigenvalue weighted by Crippen LogP contribution is 2.38. The summed E-state index contributed by atoms with van der Waals surface area (Å²) in [6.07, 6.45) is 0.926. The molecule has 1 aliphatic heterocycles. The first-order valence-corrected chi connectivity index (χ1v) is 9.21. The van der Waals surface area contributed by atoms with Gasteiger partial charge in [0.15, 0.2) is 9.84 Å². The first-order valence-electron chi connectivity index (χ1n) is 7.73.